The van der Waals surface area contributed by atoms with Crippen molar-refractivity contribution in [2.75, 3.05) is 11.1 Å². The summed E-state index contributed by atoms with van der Waals surface area (Å²) in [4.78, 5) is 2.99. The Kier molecular flexibility index (Phi) is 1.66. The Morgan fingerprint density at radius 3 is 2.92 bits per heavy atom. The molecule has 0 saturated heterocycles. The number of nitrogens with two attached hydrogens (primary N) is 1. The van der Waals surface area contributed by atoms with Crippen LogP contribution < -0.4 is 11.1 Å². The first-order valence-electron chi connectivity index (χ1n) is 3.82. The van der Waals surface area contributed by atoms with E-state index in [1.54, 1.807) is 11.6 Å². The Labute approximate surface area is 74.8 Å². The molecule has 0 atom stereocenters. The summed E-state index contributed by atoms with van der Waals surface area (Å²) in [5.74, 6) is 1.85. The molecule has 0 aliphatic carbocycles. The summed E-state index contributed by atoms with van der Waals surface area (Å²) in [5.41, 5.74) is 5.51. The number of anilines is 3. The average molecular weight is 178 g/mol. The fourth-order valence-corrected chi connectivity index (χ4v) is 0.979. The minimum absolute atomic E-state index is 0.383. The molecule has 6 heteroatoms. The summed E-state index contributed by atoms with van der Waals surface area (Å²) >= 11 is 0. The van der Waals surface area contributed by atoms with Crippen molar-refractivity contribution in [1.29, 1.82) is 0 Å². The molecule has 0 amide bonds. The van der Waals surface area contributed by atoms with Crippen LogP contribution in [0.4, 0.5) is 17.7 Å². The monoisotopic (exact) mass is 178 g/mol. The number of aromatic nitrogens is 4. The normalized spacial score (nSPS) is 10.2. The Morgan fingerprint density at radius 2 is 2.38 bits per heavy atom. The van der Waals surface area contributed by atoms with Crippen LogP contribution in [-0.2, 0) is 7.05 Å². The molecule has 2 heterocycles. The van der Waals surface area contributed by atoms with Crippen LogP contribution in [0, 0.1) is 0 Å². The molecule has 6 nitrogen and oxygen atoms in total. The molecule has 0 spiro atoms. The third-order valence-corrected chi connectivity index (χ3v) is 1.75. The van der Waals surface area contributed by atoms with E-state index in [1.807, 2.05) is 18.3 Å². The predicted molar refractivity (Wildman–Crippen MR) is 49.5 cm³/mol. The molecular weight excluding hydrogens is 168 g/mol. The largest absolute Gasteiger partial charge is 0.368 e. The highest BCUT2D eigenvalue weighted by atomic mass is 15.4. The summed E-state index contributed by atoms with van der Waals surface area (Å²) in [7, 11) is 1.79. The molecule has 0 aliphatic heterocycles. The van der Waals surface area contributed by atoms with Gasteiger partial charge < -0.3 is 16.0 Å². The second-order valence-corrected chi connectivity index (χ2v) is 2.65. The third kappa shape index (κ3) is 1.33. The third-order valence-electron chi connectivity index (χ3n) is 1.75. The first-order valence-corrected chi connectivity index (χ1v) is 3.82. The van der Waals surface area contributed by atoms with Crippen LogP contribution in [0.2, 0.25) is 0 Å². The van der Waals surface area contributed by atoms with Crippen molar-refractivity contribution >= 4 is 17.7 Å². The Balaban J connectivity index is 2.24. The Hall–Kier alpha value is -1.98. The Morgan fingerprint density at radius 1 is 1.54 bits per heavy atom. The van der Waals surface area contributed by atoms with Gasteiger partial charge in [-0.15, -0.1) is 10.2 Å². The number of rotatable bonds is 2. The van der Waals surface area contributed by atoms with E-state index >= 15 is 0 Å². The fraction of sp³-hybridized carbons (Fsp3) is 0.143. The molecule has 68 valence electrons. The zero-order valence-electron chi connectivity index (χ0n) is 7.15. The Bertz CT molecular complexity index is 387. The highest BCUT2D eigenvalue weighted by Crippen LogP contribution is 2.12. The van der Waals surface area contributed by atoms with Crippen LogP contribution in [0.3, 0.4) is 0 Å². The van der Waals surface area contributed by atoms with Gasteiger partial charge in [0.2, 0.25) is 11.9 Å². The van der Waals surface area contributed by atoms with Gasteiger partial charge in [0, 0.05) is 13.2 Å². The molecule has 2 rings (SSSR count). The number of hydrogen-bond acceptors (Lipinski definition) is 4. The van der Waals surface area contributed by atoms with E-state index < -0.39 is 0 Å². The van der Waals surface area contributed by atoms with Crippen LogP contribution in [0.1, 0.15) is 0 Å². The van der Waals surface area contributed by atoms with Gasteiger partial charge in [0.1, 0.15) is 5.82 Å². The summed E-state index contributed by atoms with van der Waals surface area (Å²) in [6.45, 7) is 0. The minimum Gasteiger partial charge on any atom is -0.368 e. The number of nitrogen functional groups attached to an aromatic ring is 1. The maximum absolute atomic E-state index is 5.51. The van der Waals surface area contributed by atoms with E-state index in [2.05, 4.69) is 20.5 Å². The van der Waals surface area contributed by atoms with Crippen molar-refractivity contribution in [3.05, 3.63) is 18.3 Å². The van der Waals surface area contributed by atoms with Gasteiger partial charge in [-0.25, -0.2) is 0 Å². The van der Waals surface area contributed by atoms with Crippen LogP contribution in [0.15, 0.2) is 18.3 Å². The lowest BCUT2D eigenvalue weighted by molar-refractivity contribution is 0.932. The lowest BCUT2D eigenvalue weighted by Gasteiger charge is -2.01. The van der Waals surface area contributed by atoms with Crippen molar-refractivity contribution in [1.82, 2.24) is 19.7 Å². The molecule has 2 aromatic rings. The first-order chi connectivity index (χ1) is 6.27. The fourth-order valence-electron chi connectivity index (χ4n) is 0.979. The van der Waals surface area contributed by atoms with E-state index in [1.165, 1.54) is 0 Å². The summed E-state index contributed by atoms with van der Waals surface area (Å²) in [6, 6.07) is 3.78. The number of nitrogens with zero attached hydrogens (tertiary/aromatic N) is 3. The number of H-pyrrole nitrogens is 1. The maximum Gasteiger partial charge on any atom is 0.231 e. The van der Waals surface area contributed by atoms with Crippen molar-refractivity contribution in [2.24, 2.45) is 7.05 Å². The molecule has 0 saturated carbocycles. The molecule has 0 radical (unpaired) electrons. The topological polar surface area (TPSA) is 84.6 Å². The second-order valence-electron chi connectivity index (χ2n) is 2.65. The number of aromatic amines is 1. The van der Waals surface area contributed by atoms with Crippen LogP contribution >= 0.6 is 0 Å². The first kappa shape index (κ1) is 7.66. The summed E-state index contributed by atoms with van der Waals surface area (Å²) in [6.07, 6.45) is 1.82. The maximum atomic E-state index is 5.51. The van der Waals surface area contributed by atoms with Crippen molar-refractivity contribution < 1.29 is 0 Å². The molecule has 0 aliphatic rings. The van der Waals surface area contributed by atoms with Gasteiger partial charge in [-0.1, -0.05) is 0 Å². The molecule has 0 bridgehead atoms. The van der Waals surface area contributed by atoms with E-state index in [0.717, 1.165) is 5.82 Å². The molecule has 0 fully saturated rings. The number of nitrogens with one attached hydrogen (secondary N) is 2. The molecule has 4 N–H and O–H groups in total. The van der Waals surface area contributed by atoms with Gasteiger partial charge in [-0.2, -0.15) is 0 Å². The highest BCUT2D eigenvalue weighted by molar-refractivity contribution is 5.49. The zero-order valence-corrected chi connectivity index (χ0v) is 7.15. The molecule has 0 aromatic carbocycles. The summed E-state index contributed by atoms with van der Waals surface area (Å²) in [5, 5.41) is 10.6. The van der Waals surface area contributed by atoms with Crippen LogP contribution in [0.5, 0.6) is 0 Å². The van der Waals surface area contributed by atoms with Gasteiger partial charge in [0.15, 0.2) is 0 Å². The van der Waals surface area contributed by atoms with Crippen LogP contribution in [0.25, 0.3) is 0 Å². The van der Waals surface area contributed by atoms with E-state index in [4.69, 9.17) is 5.73 Å². The van der Waals surface area contributed by atoms with Crippen molar-refractivity contribution in [3.63, 3.8) is 0 Å². The van der Waals surface area contributed by atoms with Gasteiger partial charge in [0.05, 0.1) is 0 Å². The SMILES string of the molecule is Cn1c(N)nnc1Nc1ccc[nH]1. The highest BCUT2D eigenvalue weighted by Gasteiger charge is 2.04. The smallest absolute Gasteiger partial charge is 0.231 e. The van der Waals surface area contributed by atoms with Gasteiger partial charge >= 0.3 is 0 Å². The zero-order chi connectivity index (χ0) is 9.26. The van der Waals surface area contributed by atoms with Gasteiger partial charge in [-0.05, 0) is 12.1 Å². The second kappa shape index (κ2) is 2.81. The molecule has 2 aromatic heterocycles. The minimum atomic E-state index is 0.383. The summed E-state index contributed by atoms with van der Waals surface area (Å²) < 4.78 is 1.67. The standard InChI is InChI=1S/C7H10N6/c1-13-6(8)11-12-7(13)10-5-3-2-4-9-5/h2-4,9H,1H3,(H2,8,11)(H,10,12). The number of hydrogen-bond donors (Lipinski definition) is 3. The van der Waals surface area contributed by atoms with E-state index in [9.17, 15) is 0 Å². The van der Waals surface area contributed by atoms with Crippen molar-refractivity contribution in [3.8, 4) is 0 Å². The van der Waals surface area contributed by atoms with Crippen LogP contribution in [-0.4, -0.2) is 19.7 Å². The van der Waals surface area contributed by atoms with Gasteiger partial charge in [0.25, 0.3) is 0 Å². The molecular formula is C7H10N6. The molecule has 13 heavy (non-hydrogen) atoms. The van der Waals surface area contributed by atoms with Gasteiger partial charge in [-0.3, -0.25) is 4.57 Å². The predicted octanol–water partition coefficient (Wildman–Crippen LogP) is 0.469. The van der Waals surface area contributed by atoms with E-state index in [-0.39, 0.29) is 0 Å². The van der Waals surface area contributed by atoms with E-state index in [0.29, 0.717) is 11.9 Å². The molecule has 0 unspecified atom stereocenters. The lowest BCUT2D eigenvalue weighted by atomic mass is 10.6. The average Bonchev–Trinajstić information content (AvgIpc) is 2.71. The van der Waals surface area contributed by atoms with Crippen molar-refractivity contribution in [2.45, 2.75) is 0 Å². The quantitative estimate of drug-likeness (QED) is 0.624. The lowest BCUT2D eigenvalue weighted by Crippen LogP contribution is -2.02.